The molecule has 1 atom stereocenters. The van der Waals surface area contributed by atoms with Crippen LogP contribution < -0.4 is 5.32 Å². The first-order chi connectivity index (χ1) is 5.88. The van der Waals surface area contributed by atoms with E-state index >= 15 is 0 Å². The second-order valence-corrected chi connectivity index (χ2v) is 3.39. The van der Waals surface area contributed by atoms with Gasteiger partial charge in [-0.2, -0.15) is 0 Å². The van der Waals surface area contributed by atoms with Gasteiger partial charge in [-0.1, -0.05) is 17.7 Å². The Hall–Kier alpha value is -0.600. The van der Waals surface area contributed by atoms with Crippen LogP contribution in [0.25, 0.3) is 0 Å². The van der Waals surface area contributed by atoms with Gasteiger partial charge in [0.25, 0.3) is 0 Å². The van der Waals surface area contributed by atoms with E-state index in [1.165, 1.54) is 12.8 Å². The van der Waals surface area contributed by atoms with E-state index in [0.717, 1.165) is 12.1 Å². The van der Waals surface area contributed by atoms with Crippen LogP contribution in [0.3, 0.4) is 0 Å². The van der Waals surface area contributed by atoms with Crippen molar-refractivity contribution in [3.05, 3.63) is 29.0 Å². The van der Waals surface area contributed by atoms with Crippen molar-refractivity contribution >= 4 is 11.6 Å². The molecule has 1 aliphatic rings. The van der Waals surface area contributed by atoms with E-state index in [-0.39, 0.29) is 0 Å². The first kappa shape index (κ1) is 8.02. The van der Waals surface area contributed by atoms with Crippen molar-refractivity contribution in [1.29, 1.82) is 0 Å². The Morgan fingerprint density at radius 1 is 1.58 bits per heavy atom. The smallest absolute Gasteiger partial charge is 0.133 e. The number of pyridine rings is 1. The van der Waals surface area contributed by atoms with Crippen molar-refractivity contribution in [3.8, 4) is 0 Å². The lowest BCUT2D eigenvalue weighted by Gasteiger charge is -2.10. The Morgan fingerprint density at radius 3 is 3.17 bits per heavy atom. The number of nitrogens with one attached hydrogen (secondary N) is 1. The molecule has 1 fully saturated rings. The van der Waals surface area contributed by atoms with Gasteiger partial charge in [0.05, 0.1) is 0 Å². The Balaban J connectivity index is 2.26. The monoisotopic (exact) mass is 182 g/mol. The molecule has 2 heterocycles. The maximum atomic E-state index is 5.95. The first-order valence-corrected chi connectivity index (χ1v) is 4.59. The molecule has 0 aliphatic carbocycles. The van der Waals surface area contributed by atoms with E-state index in [1.54, 1.807) is 6.20 Å². The van der Waals surface area contributed by atoms with Gasteiger partial charge >= 0.3 is 0 Å². The predicted molar refractivity (Wildman–Crippen MR) is 49.2 cm³/mol. The number of halogens is 1. The number of nitrogens with zero attached hydrogens (tertiary/aromatic N) is 1. The van der Waals surface area contributed by atoms with Crippen molar-refractivity contribution in [2.75, 3.05) is 6.54 Å². The lowest BCUT2D eigenvalue weighted by atomic mass is 10.1. The lowest BCUT2D eigenvalue weighted by molar-refractivity contribution is 0.645. The third kappa shape index (κ3) is 1.45. The average Bonchev–Trinajstić information content (AvgIpc) is 2.57. The molecule has 0 spiro atoms. The third-order valence-electron chi connectivity index (χ3n) is 2.22. The molecule has 2 nitrogen and oxygen atoms in total. The van der Waals surface area contributed by atoms with E-state index in [4.69, 9.17) is 11.6 Å². The molecule has 0 unspecified atom stereocenters. The zero-order valence-electron chi connectivity index (χ0n) is 6.76. The van der Waals surface area contributed by atoms with Gasteiger partial charge in [-0.05, 0) is 25.5 Å². The molecule has 1 aliphatic heterocycles. The first-order valence-electron chi connectivity index (χ1n) is 4.22. The fraction of sp³-hybridized carbons (Fsp3) is 0.444. The Kier molecular flexibility index (Phi) is 2.28. The van der Waals surface area contributed by atoms with Crippen LogP contribution in [-0.2, 0) is 0 Å². The van der Waals surface area contributed by atoms with Gasteiger partial charge in [-0.25, -0.2) is 4.98 Å². The highest BCUT2D eigenvalue weighted by atomic mass is 35.5. The van der Waals surface area contributed by atoms with Gasteiger partial charge in [0.15, 0.2) is 0 Å². The van der Waals surface area contributed by atoms with Crippen LogP contribution in [0.15, 0.2) is 18.3 Å². The number of rotatable bonds is 1. The molecule has 1 N–H and O–H groups in total. The summed E-state index contributed by atoms with van der Waals surface area (Å²) in [5.74, 6) is 0. The summed E-state index contributed by atoms with van der Waals surface area (Å²) in [6.45, 7) is 1.09. The maximum absolute atomic E-state index is 5.95. The molecule has 1 aromatic heterocycles. The van der Waals surface area contributed by atoms with Crippen molar-refractivity contribution < 1.29 is 0 Å². The van der Waals surface area contributed by atoms with Crippen LogP contribution in [0, 0.1) is 0 Å². The number of hydrogen-bond donors (Lipinski definition) is 1. The Morgan fingerprint density at radius 2 is 2.50 bits per heavy atom. The standard InChI is InChI=1S/C9H11ClN2/c10-9-7(3-1-6-12-9)8-4-2-5-11-8/h1,3,6,8,11H,2,4-5H2/t8-/m1/s1. The van der Waals surface area contributed by atoms with Gasteiger partial charge < -0.3 is 5.32 Å². The molecule has 0 radical (unpaired) electrons. The Labute approximate surface area is 77.0 Å². The summed E-state index contributed by atoms with van der Waals surface area (Å²) < 4.78 is 0. The molecule has 12 heavy (non-hydrogen) atoms. The van der Waals surface area contributed by atoms with Gasteiger partial charge in [0.2, 0.25) is 0 Å². The largest absolute Gasteiger partial charge is 0.310 e. The summed E-state index contributed by atoms with van der Waals surface area (Å²) in [4.78, 5) is 4.05. The summed E-state index contributed by atoms with van der Waals surface area (Å²) in [5, 5.41) is 4.03. The van der Waals surface area contributed by atoms with Crippen molar-refractivity contribution in [2.24, 2.45) is 0 Å². The van der Waals surface area contributed by atoms with E-state index < -0.39 is 0 Å². The maximum Gasteiger partial charge on any atom is 0.133 e. The van der Waals surface area contributed by atoms with Crippen LogP contribution in [0.1, 0.15) is 24.4 Å². The minimum Gasteiger partial charge on any atom is -0.310 e. The molecule has 0 bridgehead atoms. The minimum absolute atomic E-state index is 0.422. The van der Waals surface area contributed by atoms with E-state index in [2.05, 4.69) is 10.3 Å². The topological polar surface area (TPSA) is 24.9 Å². The van der Waals surface area contributed by atoms with Crippen LogP contribution in [0.2, 0.25) is 5.15 Å². The molecule has 0 saturated carbocycles. The van der Waals surface area contributed by atoms with Crippen molar-refractivity contribution in [1.82, 2.24) is 10.3 Å². The molecule has 0 amide bonds. The fourth-order valence-corrected chi connectivity index (χ4v) is 1.86. The predicted octanol–water partition coefficient (Wildman–Crippen LogP) is 2.16. The molecule has 2 rings (SSSR count). The highest BCUT2D eigenvalue weighted by molar-refractivity contribution is 6.30. The highest BCUT2D eigenvalue weighted by Gasteiger charge is 2.18. The molecule has 0 aromatic carbocycles. The summed E-state index contributed by atoms with van der Waals surface area (Å²) in [6, 6.07) is 4.39. The van der Waals surface area contributed by atoms with E-state index in [0.29, 0.717) is 11.2 Å². The molecular weight excluding hydrogens is 172 g/mol. The lowest BCUT2D eigenvalue weighted by Crippen LogP contribution is -2.13. The summed E-state index contributed by atoms with van der Waals surface area (Å²) >= 11 is 5.95. The molecular formula is C9H11ClN2. The van der Waals surface area contributed by atoms with Gasteiger partial charge in [0.1, 0.15) is 5.15 Å². The number of hydrogen-bond acceptors (Lipinski definition) is 2. The van der Waals surface area contributed by atoms with Gasteiger partial charge in [-0.15, -0.1) is 0 Å². The molecule has 3 heteroatoms. The minimum atomic E-state index is 0.422. The average molecular weight is 183 g/mol. The van der Waals surface area contributed by atoms with Crippen molar-refractivity contribution in [2.45, 2.75) is 18.9 Å². The van der Waals surface area contributed by atoms with E-state index in [1.807, 2.05) is 12.1 Å². The highest BCUT2D eigenvalue weighted by Crippen LogP contribution is 2.26. The Bertz CT molecular complexity index is 269. The van der Waals surface area contributed by atoms with Crippen LogP contribution in [0.5, 0.6) is 0 Å². The van der Waals surface area contributed by atoms with Crippen LogP contribution in [0.4, 0.5) is 0 Å². The zero-order chi connectivity index (χ0) is 8.39. The molecule has 1 aromatic rings. The third-order valence-corrected chi connectivity index (χ3v) is 2.54. The number of aromatic nitrogens is 1. The molecule has 1 saturated heterocycles. The fourth-order valence-electron chi connectivity index (χ4n) is 1.61. The SMILES string of the molecule is Clc1ncccc1[C@H]1CCCN1. The second-order valence-electron chi connectivity index (χ2n) is 3.03. The second kappa shape index (κ2) is 3.42. The van der Waals surface area contributed by atoms with Crippen molar-refractivity contribution in [3.63, 3.8) is 0 Å². The van der Waals surface area contributed by atoms with Gasteiger partial charge in [0, 0.05) is 17.8 Å². The summed E-state index contributed by atoms with van der Waals surface area (Å²) in [5.41, 5.74) is 1.14. The normalized spacial score (nSPS) is 22.9. The van der Waals surface area contributed by atoms with Crippen LogP contribution >= 0.6 is 11.6 Å². The summed E-state index contributed by atoms with van der Waals surface area (Å²) in [6.07, 6.45) is 4.13. The quantitative estimate of drug-likeness (QED) is 0.674. The summed E-state index contributed by atoms with van der Waals surface area (Å²) in [7, 11) is 0. The zero-order valence-corrected chi connectivity index (χ0v) is 7.51. The van der Waals surface area contributed by atoms with E-state index in [9.17, 15) is 0 Å². The van der Waals surface area contributed by atoms with Gasteiger partial charge in [-0.3, -0.25) is 0 Å². The van der Waals surface area contributed by atoms with Crippen LogP contribution in [-0.4, -0.2) is 11.5 Å². The molecule has 64 valence electrons.